The number of thioether (sulfide) groups is 1. The molecule has 154 valence electrons. The quantitative estimate of drug-likeness (QED) is 0.404. The topological polar surface area (TPSA) is 52.0 Å². The summed E-state index contributed by atoms with van der Waals surface area (Å²) in [4.78, 5) is 5.69. The molecule has 0 spiro atoms. The summed E-state index contributed by atoms with van der Waals surface area (Å²) < 4.78 is 23.4. The zero-order valence-electron chi connectivity index (χ0n) is 16.4. The van der Waals surface area contributed by atoms with E-state index < -0.39 is 6.04 Å². The van der Waals surface area contributed by atoms with E-state index in [0.717, 1.165) is 27.5 Å². The summed E-state index contributed by atoms with van der Waals surface area (Å²) in [6, 6.07) is 18.3. The van der Waals surface area contributed by atoms with Gasteiger partial charge in [0, 0.05) is 21.6 Å². The third-order valence-corrected chi connectivity index (χ3v) is 7.00. The highest BCUT2D eigenvalue weighted by molar-refractivity contribution is 7.98. The van der Waals surface area contributed by atoms with E-state index in [2.05, 4.69) is 21.5 Å². The smallest absolute Gasteiger partial charge is 0.227 e. The van der Waals surface area contributed by atoms with Crippen molar-refractivity contribution in [2.24, 2.45) is 0 Å². The molecule has 2 aromatic carbocycles. The first-order chi connectivity index (χ1) is 15.2. The highest BCUT2D eigenvalue weighted by Crippen LogP contribution is 2.51. The van der Waals surface area contributed by atoms with Crippen LogP contribution < -0.4 is 10.1 Å². The number of hydrogen-bond acceptors (Lipinski definition) is 6. The molecule has 0 fully saturated rings. The molecule has 8 heteroatoms. The molecule has 0 radical (unpaired) electrons. The number of fused-ring (bicyclic) bond motifs is 3. The first kappa shape index (κ1) is 18.7. The Labute approximate surface area is 186 Å². The average Bonchev–Trinajstić information content (AvgIpc) is 3.47. The maximum absolute atomic E-state index is 15.1. The van der Waals surface area contributed by atoms with Gasteiger partial charge in [0.25, 0.3) is 0 Å². The van der Waals surface area contributed by atoms with E-state index in [1.807, 2.05) is 54.1 Å². The van der Waals surface area contributed by atoms with Gasteiger partial charge in [0.05, 0.1) is 5.70 Å². The Bertz CT molecular complexity index is 1310. The Kier molecular flexibility index (Phi) is 4.36. The summed E-state index contributed by atoms with van der Waals surface area (Å²) >= 11 is 3.08. The van der Waals surface area contributed by atoms with Crippen LogP contribution in [0.15, 0.2) is 76.8 Å². The molecule has 1 N–H and O–H groups in total. The number of rotatable bonds is 3. The molecule has 0 saturated carbocycles. The summed E-state index contributed by atoms with van der Waals surface area (Å²) in [5.41, 5.74) is 3.31. The molecule has 2 atom stereocenters. The first-order valence-corrected chi connectivity index (χ1v) is 11.9. The minimum atomic E-state index is -0.485. The number of nitrogens with zero attached hydrogens (tertiary/aromatic N) is 3. The van der Waals surface area contributed by atoms with Gasteiger partial charge in [0.2, 0.25) is 11.1 Å². The summed E-state index contributed by atoms with van der Waals surface area (Å²) in [5.74, 6) is 1.10. The number of thiophene rings is 1. The van der Waals surface area contributed by atoms with Gasteiger partial charge in [-0.2, -0.15) is 4.98 Å². The van der Waals surface area contributed by atoms with Crippen LogP contribution in [0.5, 0.6) is 5.75 Å². The minimum absolute atomic E-state index is 0.280. The third kappa shape index (κ3) is 2.90. The lowest BCUT2D eigenvalue weighted by atomic mass is 9.86. The predicted octanol–water partition coefficient (Wildman–Crippen LogP) is 5.76. The van der Waals surface area contributed by atoms with Crippen molar-refractivity contribution in [3.63, 3.8) is 0 Å². The van der Waals surface area contributed by atoms with Crippen LogP contribution in [0.4, 0.5) is 10.3 Å². The Morgan fingerprint density at radius 3 is 2.74 bits per heavy atom. The lowest BCUT2D eigenvalue weighted by Crippen LogP contribution is -2.32. The SMILES string of the molecule is CSc1nc2n(n1)C(c1ccccc1F)C1=C(N2)c2ccccc2OC1c1cccs1. The molecule has 2 aromatic heterocycles. The molecule has 4 aromatic rings. The molecule has 0 bridgehead atoms. The normalized spacial score (nSPS) is 19.2. The highest BCUT2D eigenvalue weighted by atomic mass is 32.2. The van der Waals surface area contributed by atoms with Crippen molar-refractivity contribution < 1.29 is 9.13 Å². The molecule has 6 rings (SSSR count). The Hall–Kier alpha value is -3.10. The van der Waals surface area contributed by atoms with Crippen molar-refractivity contribution in [3.8, 4) is 5.75 Å². The number of anilines is 1. The van der Waals surface area contributed by atoms with Gasteiger partial charge in [-0.05, 0) is 35.9 Å². The molecule has 2 aliphatic rings. The number of halogens is 1. The van der Waals surface area contributed by atoms with Gasteiger partial charge in [0.15, 0.2) is 6.10 Å². The van der Waals surface area contributed by atoms with Gasteiger partial charge in [-0.15, -0.1) is 16.4 Å². The van der Waals surface area contributed by atoms with Crippen LogP contribution in [0.25, 0.3) is 5.70 Å². The Morgan fingerprint density at radius 1 is 1.10 bits per heavy atom. The van der Waals surface area contributed by atoms with Crippen molar-refractivity contribution >= 4 is 34.7 Å². The van der Waals surface area contributed by atoms with Gasteiger partial charge in [-0.1, -0.05) is 48.2 Å². The van der Waals surface area contributed by atoms with E-state index >= 15 is 4.39 Å². The second-order valence-electron chi connectivity index (χ2n) is 7.26. The van der Waals surface area contributed by atoms with Crippen LogP contribution in [0.1, 0.15) is 28.1 Å². The molecule has 0 amide bonds. The fraction of sp³-hybridized carbons (Fsp3) is 0.130. The fourth-order valence-corrected chi connectivity index (χ4v) is 5.34. The van der Waals surface area contributed by atoms with Crippen LogP contribution in [0.2, 0.25) is 0 Å². The Balaban J connectivity index is 1.66. The summed E-state index contributed by atoms with van der Waals surface area (Å²) in [6.07, 6.45) is 1.57. The predicted molar refractivity (Wildman–Crippen MR) is 121 cm³/mol. The summed E-state index contributed by atoms with van der Waals surface area (Å²) in [6.45, 7) is 0. The van der Waals surface area contributed by atoms with Crippen LogP contribution in [0.3, 0.4) is 0 Å². The maximum atomic E-state index is 15.1. The number of ether oxygens (including phenoxy) is 1. The first-order valence-electron chi connectivity index (χ1n) is 9.80. The molecule has 0 saturated heterocycles. The van der Waals surface area contributed by atoms with Crippen LogP contribution in [-0.2, 0) is 0 Å². The van der Waals surface area contributed by atoms with Gasteiger partial charge < -0.3 is 10.1 Å². The van der Waals surface area contributed by atoms with Crippen LogP contribution in [-0.4, -0.2) is 21.0 Å². The number of para-hydroxylation sites is 1. The molecule has 2 aliphatic heterocycles. The lowest BCUT2D eigenvalue weighted by Gasteiger charge is -2.38. The second-order valence-corrected chi connectivity index (χ2v) is 9.01. The van der Waals surface area contributed by atoms with Crippen molar-refractivity contribution in [2.45, 2.75) is 17.3 Å². The monoisotopic (exact) mass is 448 g/mol. The summed E-state index contributed by atoms with van der Waals surface area (Å²) in [7, 11) is 0. The van der Waals surface area contributed by atoms with Crippen LogP contribution >= 0.6 is 23.1 Å². The van der Waals surface area contributed by atoms with E-state index in [1.54, 1.807) is 22.1 Å². The van der Waals surface area contributed by atoms with Gasteiger partial charge in [-0.25, -0.2) is 9.07 Å². The number of hydrogen-bond donors (Lipinski definition) is 1. The van der Waals surface area contributed by atoms with E-state index in [9.17, 15) is 0 Å². The van der Waals surface area contributed by atoms with E-state index in [1.165, 1.54) is 17.8 Å². The molecule has 4 heterocycles. The largest absolute Gasteiger partial charge is 0.480 e. The van der Waals surface area contributed by atoms with Gasteiger partial charge in [0.1, 0.15) is 17.6 Å². The zero-order valence-corrected chi connectivity index (χ0v) is 18.1. The third-order valence-electron chi connectivity index (χ3n) is 5.54. The second kappa shape index (κ2) is 7.25. The molecule has 5 nitrogen and oxygen atoms in total. The maximum Gasteiger partial charge on any atom is 0.227 e. The van der Waals surface area contributed by atoms with Crippen molar-refractivity contribution in [3.05, 3.63) is 93.4 Å². The fourth-order valence-electron chi connectivity index (χ4n) is 4.22. The molecule has 0 aliphatic carbocycles. The molecule has 2 unspecified atom stereocenters. The van der Waals surface area contributed by atoms with Crippen molar-refractivity contribution in [2.75, 3.05) is 11.6 Å². The van der Waals surface area contributed by atoms with Gasteiger partial charge >= 0.3 is 0 Å². The lowest BCUT2D eigenvalue weighted by molar-refractivity contribution is 0.226. The van der Waals surface area contributed by atoms with Crippen molar-refractivity contribution in [1.82, 2.24) is 14.8 Å². The standard InChI is InChI=1S/C23H17FN4OS2/c1-30-23-26-22-25-19-14-8-3-5-10-16(14)29-21(17-11-6-12-31-17)18(19)20(28(22)27-23)13-7-2-4-9-15(13)24/h2-12,20-21H,1H3,(H,25,26,27). The van der Waals surface area contributed by atoms with E-state index in [4.69, 9.17) is 4.74 Å². The van der Waals surface area contributed by atoms with E-state index in [0.29, 0.717) is 16.7 Å². The highest BCUT2D eigenvalue weighted by Gasteiger charge is 2.42. The number of benzene rings is 2. The molecular weight excluding hydrogens is 431 g/mol. The zero-order chi connectivity index (χ0) is 20.9. The summed E-state index contributed by atoms with van der Waals surface area (Å²) in [5, 5.41) is 10.8. The number of nitrogens with one attached hydrogen (secondary N) is 1. The number of aromatic nitrogens is 3. The minimum Gasteiger partial charge on any atom is -0.480 e. The van der Waals surface area contributed by atoms with E-state index in [-0.39, 0.29) is 11.9 Å². The van der Waals surface area contributed by atoms with Crippen molar-refractivity contribution in [1.29, 1.82) is 0 Å². The van der Waals surface area contributed by atoms with Crippen LogP contribution in [0, 0.1) is 5.82 Å². The van der Waals surface area contributed by atoms with Gasteiger partial charge in [-0.3, -0.25) is 0 Å². The molecular formula is C23H17FN4OS2. The average molecular weight is 449 g/mol. The molecule has 31 heavy (non-hydrogen) atoms. The Morgan fingerprint density at radius 2 is 1.94 bits per heavy atom.